The molecular weight excluding hydrogens is 336 g/mol. The molecule has 0 spiro atoms. The van der Waals surface area contributed by atoms with Crippen LogP contribution in [0.5, 0.6) is 0 Å². The van der Waals surface area contributed by atoms with Crippen molar-refractivity contribution in [3.05, 3.63) is 69.1 Å². The minimum Gasteiger partial charge on any atom is -0.389 e. The number of hydrogen-bond donors (Lipinski definition) is 2. The standard InChI is InChI=1S/C15H15BrN2O3/c16-12-6-4-11(5-7-12)15(21)17-9-13(19)10-18-8-2-1-3-14(18)20/h1-8,13,19H,9-10H2,(H,17,21). The van der Waals surface area contributed by atoms with Gasteiger partial charge >= 0.3 is 0 Å². The molecule has 1 heterocycles. The van der Waals surface area contributed by atoms with Crippen LogP contribution in [0.15, 0.2) is 57.9 Å². The third-order valence-corrected chi connectivity index (χ3v) is 3.44. The van der Waals surface area contributed by atoms with Gasteiger partial charge in [0.05, 0.1) is 12.6 Å². The summed E-state index contributed by atoms with van der Waals surface area (Å²) in [5, 5.41) is 12.5. The summed E-state index contributed by atoms with van der Waals surface area (Å²) in [7, 11) is 0. The van der Waals surface area contributed by atoms with E-state index in [9.17, 15) is 14.7 Å². The summed E-state index contributed by atoms with van der Waals surface area (Å²) in [6.45, 7) is 0.219. The van der Waals surface area contributed by atoms with E-state index in [1.165, 1.54) is 10.6 Å². The highest BCUT2D eigenvalue weighted by atomic mass is 79.9. The molecule has 0 saturated heterocycles. The number of benzene rings is 1. The van der Waals surface area contributed by atoms with Crippen molar-refractivity contribution in [1.29, 1.82) is 0 Å². The average molecular weight is 351 g/mol. The highest BCUT2D eigenvalue weighted by molar-refractivity contribution is 9.10. The molecule has 0 radical (unpaired) electrons. The Morgan fingerprint density at radius 2 is 1.95 bits per heavy atom. The van der Waals surface area contributed by atoms with Gasteiger partial charge in [-0.2, -0.15) is 0 Å². The van der Waals surface area contributed by atoms with Crippen molar-refractivity contribution in [1.82, 2.24) is 9.88 Å². The second-order valence-electron chi connectivity index (χ2n) is 4.56. The number of aromatic nitrogens is 1. The van der Waals surface area contributed by atoms with Crippen molar-refractivity contribution < 1.29 is 9.90 Å². The van der Waals surface area contributed by atoms with Gasteiger partial charge in [0, 0.05) is 28.8 Å². The molecule has 1 aromatic carbocycles. The van der Waals surface area contributed by atoms with E-state index >= 15 is 0 Å². The van der Waals surface area contributed by atoms with Crippen LogP contribution in [0.3, 0.4) is 0 Å². The van der Waals surface area contributed by atoms with Crippen LogP contribution in [0.25, 0.3) is 0 Å². The Morgan fingerprint density at radius 3 is 2.62 bits per heavy atom. The van der Waals surface area contributed by atoms with Gasteiger partial charge in [-0.1, -0.05) is 22.0 Å². The number of aliphatic hydroxyl groups excluding tert-OH is 1. The molecule has 6 heteroatoms. The van der Waals surface area contributed by atoms with E-state index < -0.39 is 6.10 Å². The number of nitrogens with zero attached hydrogens (tertiary/aromatic N) is 1. The normalized spacial score (nSPS) is 11.9. The quantitative estimate of drug-likeness (QED) is 0.856. The predicted molar refractivity (Wildman–Crippen MR) is 83.2 cm³/mol. The lowest BCUT2D eigenvalue weighted by Crippen LogP contribution is -2.36. The van der Waals surface area contributed by atoms with Crippen LogP contribution >= 0.6 is 15.9 Å². The first-order valence-corrected chi connectivity index (χ1v) is 7.23. The molecule has 2 N–H and O–H groups in total. The van der Waals surface area contributed by atoms with Crippen molar-refractivity contribution in [2.75, 3.05) is 6.54 Å². The SMILES string of the molecule is O=C(NCC(O)Cn1ccccc1=O)c1ccc(Br)cc1. The zero-order chi connectivity index (χ0) is 15.2. The van der Waals surface area contributed by atoms with E-state index in [0.717, 1.165) is 4.47 Å². The molecule has 5 nitrogen and oxygen atoms in total. The van der Waals surface area contributed by atoms with Crippen LogP contribution in [0.4, 0.5) is 0 Å². The Hall–Kier alpha value is -1.92. The topological polar surface area (TPSA) is 71.3 Å². The summed E-state index contributed by atoms with van der Waals surface area (Å²) in [5.74, 6) is -0.262. The molecule has 1 atom stereocenters. The van der Waals surface area contributed by atoms with Gasteiger partial charge in [-0.05, 0) is 30.3 Å². The molecule has 0 aliphatic carbocycles. The maximum absolute atomic E-state index is 11.9. The van der Waals surface area contributed by atoms with Gasteiger partial charge in [-0.3, -0.25) is 9.59 Å². The lowest BCUT2D eigenvalue weighted by molar-refractivity contribution is 0.0903. The minimum atomic E-state index is -0.829. The smallest absolute Gasteiger partial charge is 0.251 e. The van der Waals surface area contributed by atoms with Crippen molar-refractivity contribution in [2.24, 2.45) is 0 Å². The fourth-order valence-corrected chi connectivity index (χ4v) is 2.08. The van der Waals surface area contributed by atoms with Crippen molar-refractivity contribution >= 4 is 21.8 Å². The third-order valence-electron chi connectivity index (χ3n) is 2.91. The second kappa shape index (κ2) is 7.19. The predicted octanol–water partition coefficient (Wildman–Crippen LogP) is 1.40. The lowest BCUT2D eigenvalue weighted by atomic mass is 10.2. The first kappa shape index (κ1) is 15.5. The monoisotopic (exact) mass is 350 g/mol. The van der Waals surface area contributed by atoms with Gasteiger partial charge < -0.3 is 15.0 Å². The Morgan fingerprint density at radius 1 is 1.24 bits per heavy atom. The molecular formula is C15H15BrN2O3. The van der Waals surface area contributed by atoms with Crippen LogP contribution in [0, 0.1) is 0 Å². The van der Waals surface area contributed by atoms with E-state index in [1.54, 1.807) is 42.6 Å². The van der Waals surface area contributed by atoms with E-state index in [4.69, 9.17) is 0 Å². The number of carbonyl (C=O) groups excluding carboxylic acids is 1. The fraction of sp³-hybridized carbons (Fsp3) is 0.200. The molecule has 2 aromatic rings. The van der Waals surface area contributed by atoms with Gasteiger partial charge in [-0.15, -0.1) is 0 Å². The maximum Gasteiger partial charge on any atom is 0.251 e. The lowest BCUT2D eigenvalue weighted by Gasteiger charge is -2.13. The van der Waals surface area contributed by atoms with Crippen LogP contribution in [0.2, 0.25) is 0 Å². The average Bonchev–Trinajstić information content (AvgIpc) is 2.48. The van der Waals surface area contributed by atoms with E-state index in [0.29, 0.717) is 5.56 Å². The van der Waals surface area contributed by atoms with Crippen LogP contribution < -0.4 is 10.9 Å². The molecule has 110 valence electrons. The molecule has 1 amide bonds. The van der Waals surface area contributed by atoms with Gasteiger partial charge in [0.2, 0.25) is 0 Å². The van der Waals surface area contributed by atoms with Gasteiger partial charge in [-0.25, -0.2) is 0 Å². The Labute approximate surface area is 130 Å². The summed E-state index contributed by atoms with van der Waals surface area (Å²) in [6.07, 6.45) is 0.770. The van der Waals surface area contributed by atoms with Crippen molar-refractivity contribution in [2.45, 2.75) is 12.6 Å². The molecule has 2 rings (SSSR count). The first-order valence-electron chi connectivity index (χ1n) is 6.43. The van der Waals surface area contributed by atoms with Crippen molar-refractivity contribution in [3.8, 4) is 0 Å². The molecule has 1 unspecified atom stereocenters. The zero-order valence-electron chi connectivity index (χ0n) is 11.2. The maximum atomic E-state index is 11.9. The molecule has 0 saturated carbocycles. The summed E-state index contributed by atoms with van der Waals surface area (Å²) >= 11 is 3.30. The number of carbonyl (C=O) groups is 1. The van der Waals surface area contributed by atoms with Crippen LogP contribution in [-0.4, -0.2) is 28.2 Å². The minimum absolute atomic E-state index is 0.0796. The summed E-state index contributed by atoms with van der Waals surface area (Å²) in [5.41, 5.74) is 0.332. The van der Waals surface area contributed by atoms with Crippen LogP contribution in [0.1, 0.15) is 10.4 Å². The van der Waals surface area contributed by atoms with E-state index in [1.807, 2.05) is 0 Å². The number of nitrogens with one attached hydrogen (secondary N) is 1. The highest BCUT2D eigenvalue weighted by Crippen LogP contribution is 2.10. The van der Waals surface area contributed by atoms with Crippen LogP contribution in [-0.2, 0) is 6.54 Å². The number of aliphatic hydroxyl groups is 1. The largest absolute Gasteiger partial charge is 0.389 e. The summed E-state index contributed by atoms with van der Waals surface area (Å²) in [4.78, 5) is 23.4. The van der Waals surface area contributed by atoms with Gasteiger partial charge in [0.15, 0.2) is 0 Å². The fourth-order valence-electron chi connectivity index (χ4n) is 1.82. The number of hydrogen-bond acceptors (Lipinski definition) is 3. The molecule has 0 fully saturated rings. The second-order valence-corrected chi connectivity index (χ2v) is 5.48. The van der Waals surface area contributed by atoms with Crippen molar-refractivity contribution in [3.63, 3.8) is 0 Å². The number of rotatable bonds is 5. The number of pyridine rings is 1. The Kier molecular flexibility index (Phi) is 5.30. The van der Waals surface area contributed by atoms with Gasteiger partial charge in [0.1, 0.15) is 0 Å². The molecule has 21 heavy (non-hydrogen) atoms. The first-order chi connectivity index (χ1) is 10.1. The highest BCUT2D eigenvalue weighted by Gasteiger charge is 2.10. The molecule has 0 bridgehead atoms. The number of halogens is 1. The zero-order valence-corrected chi connectivity index (χ0v) is 12.8. The molecule has 0 aliphatic heterocycles. The Balaban J connectivity index is 1.88. The third kappa shape index (κ3) is 4.54. The summed E-state index contributed by atoms with van der Waals surface area (Å²) in [6, 6.07) is 11.7. The molecule has 0 aliphatic rings. The molecule has 1 aromatic heterocycles. The van der Waals surface area contributed by atoms with E-state index in [-0.39, 0.29) is 24.6 Å². The number of amides is 1. The van der Waals surface area contributed by atoms with Gasteiger partial charge in [0.25, 0.3) is 11.5 Å². The van der Waals surface area contributed by atoms with E-state index in [2.05, 4.69) is 21.2 Å². The Bertz CT molecular complexity index is 667. The summed E-state index contributed by atoms with van der Waals surface area (Å²) < 4.78 is 2.29.